The molecule has 1 saturated carbocycles. The Hall–Kier alpha value is -5.11. The molecule has 8 rings (SSSR count). The number of benzene rings is 3. The fourth-order valence-electron chi connectivity index (χ4n) is 8.08. The first-order valence-corrected chi connectivity index (χ1v) is 18.8. The van der Waals surface area contributed by atoms with Gasteiger partial charge in [0.25, 0.3) is 0 Å². The molecule has 0 spiro atoms. The number of nitrogens with zero attached hydrogens (tertiary/aromatic N) is 6. The maximum atomic E-state index is 14.0. The third-order valence-electron chi connectivity index (χ3n) is 11.0. The Kier molecular flexibility index (Phi) is 10.4. The summed E-state index contributed by atoms with van der Waals surface area (Å²) in [5.74, 6) is 0.0658. The fourth-order valence-corrected chi connectivity index (χ4v) is 8.08. The smallest absolute Gasteiger partial charge is 0.247 e. The second-order valence-electron chi connectivity index (χ2n) is 14.4. The van der Waals surface area contributed by atoms with Crippen LogP contribution in [-0.2, 0) is 9.63 Å². The van der Waals surface area contributed by atoms with Gasteiger partial charge in [-0.25, -0.2) is 23.8 Å². The lowest BCUT2D eigenvalue weighted by Crippen LogP contribution is -2.53. The standard InChI is InChI=1S/C41H46F2N8O3/c1-3-41(52)47-34-23-35(38(53-2)24-37(34)50-12-9-33(10-13-50)49-16-14-48(15-17-49)32-7-8-32)46-39-25-40(45-26-44-39)51-36(11-18-54-51)28-6-4-5-27(19-28)29-20-30(42)22-31(43)21-29/h3-6,19-26,32-33,36H,1,7-18H2,2H3,(H,47,52)(H,44,45,46)/t36-/m1/s1. The average Bonchev–Trinajstić information content (AvgIpc) is 3.93. The number of methoxy groups -OCH3 is 1. The summed E-state index contributed by atoms with van der Waals surface area (Å²) in [6.45, 7) is 10.5. The molecule has 1 aromatic heterocycles. The van der Waals surface area contributed by atoms with Gasteiger partial charge in [-0.15, -0.1) is 0 Å². The van der Waals surface area contributed by atoms with E-state index in [4.69, 9.17) is 9.57 Å². The first-order chi connectivity index (χ1) is 26.3. The molecule has 1 aliphatic carbocycles. The molecule has 2 N–H and O–H groups in total. The van der Waals surface area contributed by atoms with Gasteiger partial charge in [-0.2, -0.15) is 0 Å². The molecule has 1 atom stereocenters. The fraction of sp³-hybridized carbons (Fsp3) is 0.390. The molecule has 11 nitrogen and oxygen atoms in total. The number of halogens is 2. The van der Waals surface area contributed by atoms with Crippen molar-refractivity contribution in [3.8, 4) is 16.9 Å². The molecule has 3 aromatic carbocycles. The van der Waals surface area contributed by atoms with E-state index in [9.17, 15) is 13.6 Å². The number of piperidine rings is 1. The average molecular weight is 737 g/mol. The minimum absolute atomic E-state index is 0.197. The lowest BCUT2D eigenvalue weighted by molar-refractivity contribution is -0.111. The molecule has 4 aliphatic rings. The summed E-state index contributed by atoms with van der Waals surface area (Å²) < 4.78 is 33.9. The topological polar surface area (TPSA) is 98.3 Å². The van der Waals surface area contributed by atoms with Crippen LogP contribution < -0.4 is 25.3 Å². The van der Waals surface area contributed by atoms with Crippen molar-refractivity contribution in [2.75, 3.05) is 73.6 Å². The van der Waals surface area contributed by atoms with Crippen molar-refractivity contribution < 1.29 is 23.1 Å². The SMILES string of the molecule is C=CC(=O)Nc1cc(Nc2cc(N3OCC[C@@H]3c3cccc(-c4cc(F)cc(F)c4)c3)ncn2)c(OC)cc1N1CCC(N2CCN(C3CC3)CC2)CC1. The number of rotatable bonds is 11. The highest BCUT2D eigenvalue weighted by atomic mass is 19.1. The van der Waals surface area contributed by atoms with E-state index in [2.05, 4.69) is 41.9 Å². The van der Waals surface area contributed by atoms with Gasteiger partial charge < -0.3 is 20.3 Å². The highest BCUT2D eigenvalue weighted by Gasteiger charge is 2.34. The van der Waals surface area contributed by atoms with Crippen LogP contribution in [-0.4, -0.2) is 90.7 Å². The van der Waals surface area contributed by atoms with Crippen LogP contribution in [0, 0.1) is 11.6 Å². The number of anilines is 5. The van der Waals surface area contributed by atoms with Gasteiger partial charge in [-0.05, 0) is 72.7 Å². The molecular weight excluding hydrogens is 690 g/mol. The van der Waals surface area contributed by atoms with Crippen molar-refractivity contribution in [2.24, 2.45) is 0 Å². The summed E-state index contributed by atoms with van der Waals surface area (Å²) in [4.78, 5) is 35.4. The van der Waals surface area contributed by atoms with E-state index in [0.717, 1.165) is 62.4 Å². The summed E-state index contributed by atoms with van der Waals surface area (Å²) in [6, 6.07) is 17.9. The number of hydroxylamine groups is 1. The van der Waals surface area contributed by atoms with Gasteiger partial charge in [-0.3, -0.25) is 19.4 Å². The molecule has 0 radical (unpaired) electrons. The summed E-state index contributed by atoms with van der Waals surface area (Å²) in [7, 11) is 1.63. The number of carbonyl (C=O) groups is 1. The van der Waals surface area contributed by atoms with Crippen LogP contribution in [0.1, 0.15) is 43.7 Å². The molecule has 54 heavy (non-hydrogen) atoms. The highest BCUT2D eigenvalue weighted by molar-refractivity contribution is 6.02. The second kappa shape index (κ2) is 15.7. The number of hydrogen-bond donors (Lipinski definition) is 2. The molecule has 3 aliphatic heterocycles. The molecule has 3 saturated heterocycles. The van der Waals surface area contributed by atoms with Crippen LogP contribution in [0.5, 0.6) is 5.75 Å². The van der Waals surface area contributed by atoms with Crippen LogP contribution >= 0.6 is 0 Å². The Morgan fingerprint density at radius 2 is 1.57 bits per heavy atom. The molecule has 0 unspecified atom stereocenters. The van der Waals surface area contributed by atoms with E-state index in [1.165, 1.54) is 50.5 Å². The maximum Gasteiger partial charge on any atom is 0.247 e. The van der Waals surface area contributed by atoms with Crippen molar-refractivity contribution in [2.45, 2.75) is 50.2 Å². The Labute approximate surface area is 314 Å². The third kappa shape index (κ3) is 7.89. The predicted molar refractivity (Wildman–Crippen MR) is 206 cm³/mol. The Bertz CT molecular complexity index is 1970. The quantitative estimate of drug-likeness (QED) is 0.158. The molecule has 282 valence electrons. The number of hydrogen-bond acceptors (Lipinski definition) is 10. The minimum Gasteiger partial charge on any atom is -0.494 e. The Balaban J connectivity index is 0.995. The van der Waals surface area contributed by atoms with E-state index in [0.29, 0.717) is 59.0 Å². The molecule has 13 heteroatoms. The molecule has 1 amide bonds. The second-order valence-corrected chi connectivity index (χ2v) is 14.4. The van der Waals surface area contributed by atoms with Crippen LogP contribution in [0.25, 0.3) is 11.1 Å². The zero-order valence-electron chi connectivity index (χ0n) is 30.5. The molecular formula is C41H46F2N8O3. The summed E-state index contributed by atoms with van der Waals surface area (Å²) >= 11 is 0. The van der Waals surface area contributed by atoms with E-state index in [1.54, 1.807) is 18.2 Å². The summed E-state index contributed by atoms with van der Waals surface area (Å²) in [6.07, 6.45) is 8.23. The zero-order chi connectivity index (χ0) is 37.2. The lowest BCUT2D eigenvalue weighted by atomic mass is 9.98. The predicted octanol–water partition coefficient (Wildman–Crippen LogP) is 6.93. The molecule has 4 heterocycles. The number of amides is 1. The van der Waals surface area contributed by atoms with Crippen LogP contribution in [0.2, 0.25) is 0 Å². The van der Waals surface area contributed by atoms with Gasteiger partial charge in [0.05, 0.1) is 36.8 Å². The van der Waals surface area contributed by atoms with Gasteiger partial charge in [0.1, 0.15) is 29.5 Å². The molecule has 4 fully saturated rings. The van der Waals surface area contributed by atoms with Crippen molar-refractivity contribution in [1.82, 2.24) is 19.8 Å². The summed E-state index contributed by atoms with van der Waals surface area (Å²) in [5.41, 5.74) is 4.23. The Morgan fingerprint density at radius 3 is 2.26 bits per heavy atom. The van der Waals surface area contributed by atoms with Gasteiger partial charge in [0.15, 0.2) is 5.82 Å². The number of aromatic nitrogens is 2. The highest BCUT2D eigenvalue weighted by Crippen LogP contribution is 2.41. The summed E-state index contributed by atoms with van der Waals surface area (Å²) in [5, 5.41) is 8.14. The van der Waals surface area contributed by atoms with Gasteiger partial charge in [0.2, 0.25) is 5.91 Å². The maximum absolute atomic E-state index is 14.0. The van der Waals surface area contributed by atoms with Crippen LogP contribution in [0.4, 0.5) is 37.5 Å². The monoisotopic (exact) mass is 736 g/mol. The van der Waals surface area contributed by atoms with Gasteiger partial charge in [-0.1, -0.05) is 24.8 Å². The molecule has 0 bridgehead atoms. The largest absolute Gasteiger partial charge is 0.494 e. The normalized spacial score (nSPS) is 19.9. The zero-order valence-corrected chi connectivity index (χ0v) is 30.5. The van der Waals surface area contributed by atoms with Crippen LogP contribution in [0.15, 0.2) is 79.6 Å². The van der Waals surface area contributed by atoms with E-state index in [1.807, 2.05) is 36.4 Å². The Morgan fingerprint density at radius 1 is 0.852 bits per heavy atom. The lowest BCUT2D eigenvalue weighted by Gasteiger charge is -2.43. The minimum atomic E-state index is -0.628. The van der Waals surface area contributed by atoms with Gasteiger partial charge >= 0.3 is 0 Å². The number of carbonyl (C=O) groups excluding carboxylic acids is 1. The van der Waals surface area contributed by atoms with Crippen molar-refractivity contribution in [3.63, 3.8) is 0 Å². The van der Waals surface area contributed by atoms with E-state index < -0.39 is 11.6 Å². The van der Waals surface area contributed by atoms with Crippen LogP contribution in [0.3, 0.4) is 0 Å². The van der Waals surface area contributed by atoms with Crippen molar-refractivity contribution in [1.29, 1.82) is 0 Å². The van der Waals surface area contributed by atoms with Gasteiger partial charge in [0, 0.05) is 76.0 Å². The van der Waals surface area contributed by atoms with Crippen molar-refractivity contribution >= 4 is 34.6 Å². The first-order valence-electron chi connectivity index (χ1n) is 18.8. The van der Waals surface area contributed by atoms with E-state index >= 15 is 0 Å². The first kappa shape index (κ1) is 35.9. The van der Waals surface area contributed by atoms with E-state index in [-0.39, 0.29) is 11.9 Å². The third-order valence-corrected chi connectivity index (χ3v) is 11.0. The number of nitrogens with one attached hydrogen (secondary N) is 2. The van der Waals surface area contributed by atoms with Crippen molar-refractivity contribution in [3.05, 3.63) is 96.8 Å². The number of piperazine rings is 1. The molecule has 4 aromatic rings. The number of ether oxygens (including phenoxy) is 1.